The Morgan fingerprint density at radius 3 is 3.07 bits per heavy atom. The zero-order chi connectivity index (χ0) is 10.5. The van der Waals surface area contributed by atoms with E-state index >= 15 is 0 Å². The Morgan fingerprint density at radius 1 is 1.47 bits per heavy atom. The fourth-order valence-electron chi connectivity index (χ4n) is 2.21. The van der Waals surface area contributed by atoms with Gasteiger partial charge in [0.2, 0.25) is 5.91 Å². The van der Waals surface area contributed by atoms with Crippen molar-refractivity contribution >= 4 is 17.7 Å². The maximum absolute atomic E-state index is 11.6. The molecular weight excluding hydrogens is 206 g/mol. The molecule has 1 aliphatic heterocycles. The Balaban J connectivity index is 1.61. The van der Waals surface area contributed by atoms with Gasteiger partial charge in [-0.3, -0.25) is 4.79 Å². The summed E-state index contributed by atoms with van der Waals surface area (Å²) >= 11 is 2.00. The molecule has 2 aliphatic rings. The molecule has 1 aliphatic carbocycles. The lowest BCUT2D eigenvalue weighted by Crippen LogP contribution is -2.30. The quantitative estimate of drug-likeness (QED) is 0.744. The van der Waals surface area contributed by atoms with E-state index in [1.54, 1.807) is 0 Å². The molecule has 3 heteroatoms. The minimum atomic E-state index is 0.235. The lowest BCUT2D eigenvalue weighted by molar-refractivity contribution is -0.121. The molecule has 2 nitrogen and oxygen atoms in total. The van der Waals surface area contributed by atoms with Crippen LogP contribution in [0.4, 0.5) is 0 Å². The molecule has 0 aromatic rings. The van der Waals surface area contributed by atoms with E-state index < -0.39 is 0 Å². The zero-order valence-corrected chi connectivity index (χ0v) is 9.89. The third-order valence-corrected chi connectivity index (χ3v) is 4.51. The Kier molecular flexibility index (Phi) is 4.12. The summed E-state index contributed by atoms with van der Waals surface area (Å²) in [6.45, 7) is 0.875. The first-order valence-electron chi connectivity index (χ1n) is 5.89. The van der Waals surface area contributed by atoms with E-state index in [0.29, 0.717) is 17.6 Å². The highest BCUT2D eigenvalue weighted by molar-refractivity contribution is 8.00. The van der Waals surface area contributed by atoms with Crippen LogP contribution in [0.15, 0.2) is 12.2 Å². The van der Waals surface area contributed by atoms with E-state index in [2.05, 4.69) is 17.5 Å². The minimum Gasteiger partial charge on any atom is -0.355 e. The molecular formula is C12H19NOS. The summed E-state index contributed by atoms with van der Waals surface area (Å²) in [4.78, 5) is 11.6. The molecule has 0 saturated carbocycles. The second-order valence-electron chi connectivity index (χ2n) is 4.41. The van der Waals surface area contributed by atoms with Gasteiger partial charge in [0.15, 0.2) is 0 Å². The number of amides is 1. The highest BCUT2D eigenvalue weighted by Crippen LogP contribution is 2.25. The number of carbonyl (C=O) groups excluding carboxylic acids is 1. The third-order valence-electron chi connectivity index (χ3n) is 3.11. The summed E-state index contributed by atoms with van der Waals surface area (Å²) in [5.41, 5.74) is 0. The number of rotatable bonds is 4. The van der Waals surface area contributed by atoms with Crippen LogP contribution >= 0.6 is 11.8 Å². The number of hydrogen-bond donors (Lipinski definition) is 1. The first-order chi connectivity index (χ1) is 7.34. The number of hydrogen-bond acceptors (Lipinski definition) is 2. The van der Waals surface area contributed by atoms with E-state index in [4.69, 9.17) is 0 Å². The molecule has 0 radical (unpaired) electrons. The van der Waals surface area contributed by atoms with Gasteiger partial charge in [-0.2, -0.15) is 11.8 Å². The van der Waals surface area contributed by atoms with Gasteiger partial charge in [-0.15, -0.1) is 0 Å². The highest BCUT2D eigenvalue weighted by Gasteiger charge is 2.18. The molecule has 84 valence electrons. The monoisotopic (exact) mass is 225 g/mol. The SMILES string of the molecule is O=C(CC1C=CCC1)NCC1CCCS1. The molecule has 1 amide bonds. The van der Waals surface area contributed by atoms with Gasteiger partial charge in [-0.1, -0.05) is 12.2 Å². The third kappa shape index (κ3) is 3.56. The second-order valence-corrected chi connectivity index (χ2v) is 5.82. The average molecular weight is 225 g/mol. The predicted octanol–water partition coefficient (Wildman–Crippen LogP) is 2.35. The van der Waals surface area contributed by atoms with Crippen molar-refractivity contribution in [1.82, 2.24) is 5.32 Å². The van der Waals surface area contributed by atoms with Crippen molar-refractivity contribution in [2.75, 3.05) is 12.3 Å². The first kappa shape index (κ1) is 11.1. The van der Waals surface area contributed by atoms with Crippen molar-refractivity contribution < 1.29 is 4.79 Å². The predicted molar refractivity (Wildman–Crippen MR) is 65.0 cm³/mol. The second kappa shape index (κ2) is 5.59. The lowest BCUT2D eigenvalue weighted by Gasteiger charge is -2.11. The molecule has 2 rings (SSSR count). The minimum absolute atomic E-state index is 0.235. The summed E-state index contributed by atoms with van der Waals surface area (Å²) in [7, 11) is 0. The molecule has 0 aromatic carbocycles. The smallest absolute Gasteiger partial charge is 0.220 e. The van der Waals surface area contributed by atoms with Crippen molar-refractivity contribution in [2.45, 2.75) is 37.4 Å². The Hall–Kier alpha value is -0.440. The Morgan fingerprint density at radius 2 is 2.40 bits per heavy atom. The maximum Gasteiger partial charge on any atom is 0.220 e. The fourth-order valence-corrected chi connectivity index (χ4v) is 3.41. The van der Waals surface area contributed by atoms with Crippen molar-refractivity contribution in [3.8, 4) is 0 Å². The molecule has 0 aromatic heterocycles. The van der Waals surface area contributed by atoms with Crippen LogP contribution in [0.1, 0.15) is 32.1 Å². The van der Waals surface area contributed by atoms with Gasteiger partial charge in [0, 0.05) is 18.2 Å². The first-order valence-corrected chi connectivity index (χ1v) is 6.94. The van der Waals surface area contributed by atoms with Crippen LogP contribution in [0.2, 0.25) is 0 Å². The van der Waals surface area contributed by atoms with Gasteiger partial charge in [0.1, 0.15) is 0 Å². The van der Waals surface area contributed by atoms with Crippen LogP contribution in [0, 0.1) is 5.92 Å². The van der Waals surface area contributed by atoms with Crippen LogP contribution < -0.4 is 5.32 Å². The molecule has 1 saturated heterocycles. The number of nitrogens with one attached hydrogen (secondary N) is 1. The molecule has 2 unspecified atom stereocenters. The Bertz CT molecular complexity index is 246. The summed E-state index contributed by atoms with van der Waals surface area (Å²) in [6.07, 6.45) is 9.95. The van der Waals surface area contributed by atoms with E-state index in [1.807, 2.05) is 11.8 Å². The van der Waals surface area contributed by atoms with Gasteiger partial charge in [0.05, 0.1) is 0 Å². The summed E-state index contributed by atoms with van der Waals surface area (Å²) < 4.78 is 0. The van der Waals surface area contributed by atoms with Crippen LogP contribution in [-0.2, 0) is 4.79 Å². The average Bonchev–Trinajstić information content (AvgIpc) is 2.86. The summed E-state index contributed by atoms with van der Waals surface area (Å²) in [6, 6.07) is 0. The molecule has 0 bridgehead atoms. The zero-order valence-electron chi connectivity index (χ0n) is 9.08. The number of carbonyl (C=O) groups is 1. The number of thioether (sulfide) groups is 1. The van der Waals surface area contributed by atoms with Gasteiger partial charge in [-0.25, -0.2) is 0 Å². The van der Waals surface area contributed by atoms with E-state index in [0.717, 1.165) is 19.4 Å². The lowest BCUT2D eigenvalue weighted by atomic mass is 10.1. The fraction of sp³-hybridized carbons (Fsp3) is 0.750. The molecule has 2 atom stereocenters. The van der Waals surface area contributed by atoms with Gasteiger partial charge >= 0.3 is 0 Å². The Labute approximate surface area is 95.9 Å². The van der Waals surface area contributed by atoms with Crippen LogP contribution in [0.5, 0.6) is 0 Å². The molecule has 1 fully saturated rings. The van der Waals surface area contributed by atoms with Crippen molar-refractivity contribution in [3.63, 3.8) is 0 Å². The van der Waals surface area contributed by atoms with E-state index in [9.17, 15) is 4.79 Å². The molecule has 1 heterocycles. The van der Waals surface area contributed by atoms with Crippen LogP contribution in [-0.4, -0.2) is 23.5 Å². The largest absolute Gasteiger partial charge is 0.355 e. The molecule has 15 heavy (non-hydrogen) atoms. The van der Waals surface area contributed by atoms with Gasteiger partial charge in [0.25, 0.3) is 0 Å². The van der Waals surface area contributed by atoms with Gasteiger partial charge in [-0.05, 0) is 37.4 Å². The summed E-state index contributed by atoms with van der Waals surface area (Å²) in [5, 5.41) is 3.73. The van der Waals surface area contributed by atoms with Crippen molar-refractivity contribution in [3.05, 3.63) is 12.2 Å². The van der Waals surface area contributed by atoms with E-state index in [-0.39, 0.29) is 5.91 Å². The van der Waals surface area contributed by atoms with Crippen LogP contribution in [0.3, 0.4) is 0 Å². The highest BCUT2D eigenvalue weighted by atomic mass is 32.2. The standard InChI is InChI=1S/C12H19NOS/c14-12(8-10-4-1-2-5-10)13-9-11-6-3-7-15-11/h1,4,10-11H,2-3,5-9H2,(H,13,14). The molecule has 0 spiro atoms. The summed E-state index contributed by atoms with van der Waals surface area (Å²) in [5.74, 6) is 2.01. The van der Waals surface area contributed by atoms with Gasteiger partial charge < -0.3 is 5.32 Å². The maximum atomic E-state index is 11.6. The normalized spacial score (nSPS) is 29.6. The molecule has 1 N–H and O–H groups in total. The van der Waals surface area contributed by atoms with Crippen molar-refractivity contribution in [2.24, 2.45) is 5.92 Å². The number of allylic oxidation sites excluding steroid dienone is 2. The van der Waals surface area contributed by atoms with Crippen LogP contribution in [0.25, 0.3) is 0 Å². The topological polar surface area (TPSA) is 29.1 Å². The van der Waals surface area contributed by atoms with E-state index in [1.165, 1.54) is 18.6 Å². The van der Waals surface area contributed by atoms with Crippen molar-refractivity contribution in [1.29, 1.82) is 0 Å².